The summed E-state index contributed by atoms with van der Waals surface area (Å²) in [6.07, 6.45) is 12.9. The SMILES string of the molecule is CCCCCCCCCCCCOC(=O)C(Cc1ccccc1)NC(=O)OCCC. The first-order valence-corrected chi connectivity index (χ1v) is 11.8. The quantitative estimate of drug-likeness (QED) is 0.241. The maximum atomic E-state index is 12.5. The van der Waals surface area contributed by atoms with Gasteiger partial charge in [-0.15, -0.1) is 0 Å². The Morgan fingerprint density at radius 2 is 1.37 bits per heavy atom. The molecule has 170 valence electrons. The molecule has 0 radical (unpaired) electrons. The number of carbonyl (C=O) groups excluding carboxylic acids is 2. The summed E-state index contributed by atoms with van der Waals surface area (Å²) in [5.41, 5.74) is 0.967. The predicted molar refractivity (Wildman–Crippen MR) is 122 cm³/mol. The molecule has 5 heteroatoms. The van der Waals surface area contributed by atoms with Gasteiger partial charge in [0.2, 0.25) is 0 Å². The molecule has 1 aromatic rings. The highest BCUT2D eigenvalue weighted by atomic mass is 16.6. The van der Waals surface area contributed by atoms with Crippen LogP contribution in [0.2, 0.25) is 0 Å². The second kappa shape index (κ2) is 17.8. The van der Waals surface area contributed by atoms with E-state index in [4.69, 9.17) is 9.47 Å². The lowest BCUT2D eigenvalue weighted by Crippen LogP contribution is -2.43. The molecule has 1 rings (SSSR count). The van der Waals surface area contributed by atoms with Gasteiger partial charge in [-0.05, 0) is 18.4 Å². The van der Waals surface area contributed by atoms with E-state index in [0.717, 1.165) is 24.8 Å². The van der Waals surface area contributed by atoms with Crippen molar-refractivity contribution in [3.8, 4) is 0 Å². The molecular formula is C25H41NO4. The highest BCUT2D eigenvalue weighted by Gasteiger charge is 2.23. The monoisotopic (exact) mass is 419 g/mol. The van der Waals surface area contributed by atoms with Crippen molar-refractivity contribution in [2.24, 2.45) is 0 Å². The molecule has 0 heterocycles. The fourth-order valence-corrected chi connectivity index (χ4v) is 3.28. The van der Waals surface area contributed by atoms with Gasteiger partial charge in [-0.25, -0.2) is 9.59 Å². The van der Waals surface area contributed by atoms with E-state index in [9.17, 15) is 9.59 Å². The molecule has 0 aliphatic rings. The normalized spacial score (nSPS) is 11.7. The molecule has 0 aliphatic carbocycles. The molecule has 0 spiro atoms. The van der Waals surface area contributed by atoms with E-state index < -0.39 is 18.1 Å². The van der Waals surface area contributed by atoms with Crippen molar-refractivity contribution in [1.29, 1.82) is 0 Å². The van der Waals surface area contributed by atoms with Gasteiger partial charge in [0.25, 0.3) is 0 Å². The Morgan fingerprint density at radius 3 is 1.97 bits per heavy atom. The third-order valence-corrected chi connectivity index (χ3v) is 5.04. The fourth-order valence-electron chi connectivity index (χ4n) is 3.28. The number of esters is 1. The van der Waals surface area contributed by atoms with Crippen molar-refractivity contribution in [2.75, 3.05) is 13.2 Å². The van der Waals surface area contributed by atoms with Crippen LogP contribution in [0.5, 0.6) is 0 Å². The number of unbranched alkanes of at least 4 members (excludes halogenated alkanes) is 9. The molecule has 0 aromatic heterocycles. The minimum Gasteiger partial charge on any atom is -0.464 e. The molecule has 1 aromatic carbocycles. The van der Waals surface area contributed by atoms with Crippen LogP contribution in [-0.2, 0) is 20.7 Å². The molecule has 5 nitrogen and oxygen atoms in total. The van der Waals surface area contributed by atoms with Crippen LogP contribution in [-0.4, -0.2) is 31.3 Å². The van der Waals surface area contributed by atoms with Crippen molar-refractivity contribution < 1.29 is 19.1 Å². The summed E-state index contributed by atoms with van der Waals surface area (Å²) in [6, 6.07) is 8.88. The molecule has 1 N–H and O–H groups in total. The van der Waals surface area contributed by atoms with Crippen molar-refractivity contribution >= 4 is 12.1 Å². The van der Waals surface area contributed by atoms with Crippen LogP contribution in [0.25, 0.3) is 0 Å². The van der Waals surface area contributed by atoms with Crippen molar-refractivity contribution in [1.82, 2.24) is 5.32 Å². The number of nitrogens with one attached hydrogen (secondary N) is 1. The van der Waals surface area contributed by atoms with Crippen LogP contribution in [0.1, 0.15) is 90.0 Å². The van der Waals surface area contributed by atoms with Crippen LogP contribution in [0, 0.1) is 0 Å². The summed E-state index contributed by atoms with van der Waals surface area (Å²) < 4.78 is 10.5. The molecular weight excluding hydrogens is 378 g/mol. The van der Waals surface area contributed by atoms with Crippen LogP contribution < -0.4 is 5.32 Å². The highest BCUT2D eigenvalue weighted by molar-refractivity contribution is 5.81. The average Bonchev–Trinajstić information content (AvgIpc) is 2.76. The van der Waals surface area contributed by atoms with Crippen LogP contribution in [0.15, 0.2) is 30.3 Å². The summed E-state index contributed by atoms with van der Waals surface area (Å²) >= 11 is 0. The number of benzene rings is 1. The molecule has 30 heavy (non-hydrogen) atoms. The maximum Gasteiger partial charge on any atom is 0.407 e. The van der Waals surface area contributed by atoms with Crippen LogP contribution in [0.4, 0.5) is 4.79 Å². The summed E-state index contributed by atoms with van der Waals surface area (Å²) in [6.45, 7) is 4.89. The number of alkyl carbamates (subject to hydrolysis) is 1. The smallest absolute Gasteiger partial charge is 0.407 e. The van der Waals surface area contributed by atoms with Gasteiger partial charge in [-0.2, -0.15) is 0 Å². The van der Waals surface area contributed by atoms with Crippen molar-refractivity contribution in [3.63, 3.8) is 0 Å². The van der Waals surface area contributed by atoms with Gasteiger partial charge in [-0.1, -0.05) is 102 Å². The lowest BCUT2D eigenvalue weighted by atomic mass is 10.1. The summed E-state index contributed by atoms with van der Waals surface area (Å²) in [7, 11) is 0. The molecule has 1 amide bonds. The molecule has 1 unspecified atom stereocenters. The molecule has 0 saturated heterocycles. The Bertz CT molecular complexity index is 562. The number of ether oxygens (including phenoxy) is 2. The Morgan fingerprint density at radius 1 is 0.767 bits per heavy atom. The lowest BCUT2D eigenvalue weighted by Gasteiger charge is -2.17. The van der Waals surface area contributed by atoms with Gasteiger partial charge in [0.1, 0.15) is 6.04 Å². The number of rotatable bonds is 17. The number of amides is 1. The Labute approximate surface area is 182 Å². The number of hydrogen-bond acceptors (Lipinski definition) is 4. The van der Waals surface area contributed by atoms with E-state index in [2.05, 4.69) is 12.2 Å². The molecule has 0 bridgehead atoms. The van der Waals surface area contributed by atoms with Gasteiger partial charge in [0, 0.05) is 6.42 Å². The van der Waals surface area contributed by atoms with Gasteiger partial charge in [0.15, 0.2) is 0 Å². The third-order valence-electron chi connectivity index (χ3n) is 5.04. The first kappa shape index (κ1) is 26.0. The minimum atomic E-state index is -0.736. The third kappa shape index (κ3) is 13.2. The number of hydrogen-bond donors (Lipinski definition) is 1. The largest absolute Gasteiger partial charge is 0.464 e. The van der Waals surface area contributed by atoms with E-state index in [1.807, 2.05) is 37.3 Å². The Kier molecular flexibility index (Phi) is 15.4. The summed E-state index contributed by atoms with van der Waals surface area (Å²) in [4.78, 5) is 24.5. The molecule has 0 aliphatic heterocycles. The zero-order valence-electron chi connectivity index (χ0n) is 19.0. The molecule has 1 atom stereocenters. The fraction of sp³-hybridized carbons (Fsp3) is 0.680. The van der Waals surface area contributed by atoms with E-state index in [1.165, 1.54) is 51.4 Å². The van der Waals surface area contributed by atoms with Crippen LogP contribution in [0.3, 0.4) is 0 Å². The topological polar surface area (TPSA) is 64.6 Å². The molecule has 0 saturated carbocycles. The Hall–Kier alpha value is -2.04. The Balaban J connectivity index is 2.27. The number of carbonyl (C=O) groups is 2. The van der Waals surface area contributed by atoms with Gasteiger partial charge >= 0.3 is 12.1 Å². The maximum absolute atomic E-state index is 12.5. The summed E-state index contributed by atoms with van der Waals surface area (Å²) in [5.74, 6) is -0.400. The van der Waals surface area contributed by atoms with E-state index in [1.54, 1.807) is 0 Å². The van der Waals surface area contributed by atoms with E-state index in [0.29, 0.717) is 19.6 Å². The molecule has 0 fully saturated rings. The van der Waals surface area contributed by atoms with Gasteiger partial charge < -0.3 is 14.8 Å². The lowest BCUT2D eigenvalue weighted by molar-refractivity contribution is -0.146. The zero-order chi connectivity index (χ0) is 21.9. The standard InChI is InChI=1S/C25H41NO4/c1-3-5-6-7-8-9-10-11-12-16-20-29-24(27)23(26-25(28)30-19-4-2)21-22-17-14-13-15-18-22/h13-15,17-18,23H,3-12,16,19-21H2,1-2H3,(H,26,28). The summed E-state index contributed by atoms with van der Waals surface area (Å²) in [5, 5.41) is 2.65. The zero-order valence-corrected chi connectivity index (χ0v) is 19.0. The minimum absolute atomic E-state index is 0.331. The second-order valence-corrected chi connectivity index (χ2v) is 7.87. The van der Waals surface area contributed by atoms with E-state index in [-0.39, 0.29) is 0 Å². The van der Waals surface area contributed by atoms with Gasteiger partial charge in [-0.3, -0.25) is 0 Å². The van der Waals surface area contributed by atoms with Crippen molar-refractivity contribution in [3.05, 3.63) is 35.9 Å². The van der Waals surface area contributed by atoms with Crippen molar-refractivity contribution in [2.45, 2.75) is 96.9 Å². The second-order valence-electron chi connectivity index (χ2n) is 7.87. The van der Waals surface area contributed by atoms with E-state index >= 15 is 0 Å². The van der Waals surface area contributed by atoms with Crippen LogP contribution >= 0.6 is 0 Å². The average molecular weight is 420 g/mol. The first-order chi connectivity index (χ1) is 14.7. The predicted octanol–water partition coefficient (Wildman–Crippen LogP) is 6.20. The first-order valence-electron chi connectivity index (χ1n) is 11.8. The van der Waals surface area contributed by atoms with Gasteiger partial charge in [0.05, 0.1) is 13.2 Å². The highest BCUT2D eigenvalue weighted by Crippen LogP contribution is 2.11.